The molecule has 1 aliphatic rings. The minimum atomic E-state index is -0.323. The first-order valence-corrected chi connectivity index (χ1v) is 6.86. The Kier molecular flexibility index (Phi) is 4.66. The summed E-state index contributed by atoms with van der Waals surface area (Å²) >= 11 is 5.77. The van der Waals surface area contributed by atoms with Crippen LogP contribution in [0.5, 0.6) is 0 Å². The molecule has 0 heterocycles. The van der Waals surface area contributed by atoms with Gasteiger partial charge in [-0.3, -0.25) is 0 Å². The fraction of sp³-hybridized carbons (Fsp3) is 0.571. The molecule has 0 bridgehead atoms. The Labute approximate surface area is 107 Å². The smallest absolute Gasteiger partial charge is 0.164 e. The number of hydrogen-bond donors (Lipinski definition) is 1. The molecule has 1 aromatic rings. The van der Waals surface area contributed by atoms with Crippen molar-refractivity contribution in [1.82, 2.24) is 0 Å². The number of nitrogens with one attached hydrogen (secondary N) is 1. The van der Waals surface area contributed by atoms with Crippen molar-refractivity contribution in [3.63, 3.8) is 0 Å². The molecule has 17 heavy (non-hydrogen) atoms. The van der Waals surface area contributed by atoms with Crippen LogP contribution in [0.4, 0.5) is 10.1 Å². The highest BCUT2D eigenvalue weighted by Crippen LogP contribution is 2.25. The summed E-state index contributed by atoms with van der Waals surface area (Å²) in [4.78, 5) is 0. The molecule has 94 valence electrons. The second-order valence-electron chi connectivity index (χ2n) is 4.79. The maximum Gasteiger partial charge on any atom is 0.164 e. The Morgan fingerprint density at radius 1 is 1.06 bits per heavy atom. The van der Waals surface area contributed by atoms with E-state index in [9.17, 15) is 4.39 Å². The van der Waals surface area contributed by atoms with Crippen molar-refractivity contribution < 1.29 is 4.39 Å². The van der Waals surface area contributed by atoms with Crippen molar-refractivity contribution >= 4 is 17.3 Å². The van der Waals surface area contributed by atoms with Crippen molar-refractivity contribution in [3.8, 4) is 0 Å². The third kappa shape index (κ3) is 3.60. The summed E-state index contributed by atoms with van der Waals surface area (Å²) in [5.41, 5.74) is 0.545. The van der Waals surface area contributed by atoms with Crippen LogP contribution in [-0.4, -0.2) is 6.04 Å². The molecule has 0 atom stereocenters. The van der Waals surface area contributed by atoms with Gasteiger partial charge in [0.05, 0.1) is 10.7 Å². The van der Waals surface area contributed by atoms with Gasteiger partial charge in [0.15, 0.2) is 5.82 Å². The maximum absolute atomic E-state index is 13.7. The third-order valence-corrected chi connectivity index (χ3v) is 3.71. The van der Waals surface area contributed by atoms with E-state index in [0.29, 0.717) is 11.7 Å². The molecule has 0 aromatic heterocycles. The normalized spacial score (nSPS) is 18.5. The molecular formula is C14H19ClFN. The first kappa shape index (κ1) is 12.7. The van der Waals surface area contributed by atoms with Gasteiger partial charge in [0.1, 0.15) is 0 Å². The molecule has 0 spiro atoms. The molecule has 0 saturated heterocycles. The Balaban J connectivity index is 2.00. The Morgan fingerprint density at radius 3 is 2.41 bits per heavy atom. The molecule has 0 radical (unpaired) electrons. The molecule has 0 amide bonds. The molecule has 0 aliphatic heterocycles. The standard InChI is InChI=1S/C14H19ClFN/c15-12-9-6-10-13(14(12)16)17-11-7-4-2-1-3-5-8-11/h6,9-11,17H,1-5,7-8H2. The summed E-state index contributed by atoms with van der Waals surface area (Å²) in [6, 6.07) is 5.53. The van der Waals surface area contributed by atoms with Crippen LogP contribution in [-0.2, 0) is 0 Å². The topological polar surface area (TPSA) is 12.0 Å². The summed E-state index contributed by atoms with van der Waals surface area (Å²) in [5.74, 6) is -0.323. The van der Waals surface area contributed by atoms with Crippen LogP contribution in [0, 0.1) is 5.82 Å². The molecule has 1 N–H and O–H groups in total. The first-order valence-electron chi connectivity index (χ1n) is 6.48. The van der Waals surface area contributed by atoms with Crippen molar-refractivity contribution in [1.29, 1.82) is 0 Å². The largest absolute Gasteiger partial charge is 0.380 e. The van der Waals surface area contributed by atoms with E-state index in [1.54, 1.807) is 18.2 Å². The number of hydrogen-bond acceptors (Lipinski definition) is 1. The predicted molar refractivity (Wildman–Crippen MR) is 71.1 cm³/mol. The van der Waals surface area contributed by atoms with Crippen LogP contribution in [0.25, 0.3) is 0 Å². The monoisotopic (exact) mass is 255 g/mol. The number of anilines is 1. The van der Waals surface area contributed by atoms with Gasteiger partial charge >= 0.3 is 0 Å². The van der Waals surface area contributed by atoms with Crippen LogP contribution in [0.1, 0.15) is 44.9 Å². The van der Waals surface area contributed by atoms with Crippen molar-refractivity contribution in [2.24, 2.45) is 0 Å². The number of benzene rings is 1. The minimum absolute atomic E-state index is 0.195. The summed E-state index contributed by atoms with van der Waals surface area (Å²) in [6.45, 7) is 0. The highest BCUT2D eigenvalue weighted by atomic mass is 35.5. The highest BCUT2D eigenvalue weighted by Gasteiger charge is 2.13. The maximum atomic E-state index is 13.7. The van der Waals surface area contributed by atoms with Gasteiger partial charge in [-0.2, -0.15) is 0 Å². The van der Waals surface area contributed by atoms with E-state index in [1.807, 2.05) is 0 Å². The quantitative estimate of drug-likeness (QED) is 0.784. The van der Waals surface area contributed by atoms with Crippen LogP contribution in [0.3, 0.4) is 0 Å². The second-order valence-corrected chi connectivity index (χ2v) is 5.19. The van der Waals surface area contributed by atoms with Gasteiger partial charge < -0.3 is 5.32 Å². The highest BCUT2D eigenvalue weighted by molar-refractivity contribution is 6.31. The van der Waals surface area contributed by atoms with E-state index in [1.165, 1.54) is 32.1 Å². The Hall–Kier alpha value is -0.760. The zero-order chi connectivity index (χ0) is 12.1. The van der Waals surface area contributed by atoms with Crippen LogP contribution in [0.2, 0.25) is 5.02 Å². The second kappa shape index (κ2) is 6.25. The van der Waals surface area contributed by atoms with E-state index in [2.05, 4.69) is 5.32 Å². The van der Waals surface area contributed by atoms with E-state index in [4.69, 9.17) is 11.6 Å². The molecule has 1 fully saturated rings. The predicted octanol–water partition coefficient (Wildman–Crippen LogP) is 5.00. The minimum Gasteiger partial charge on any atom is -0.380 e. The van der Waals surface area contributed by atoms with Crippen molar-refractivity contribution in [3.05, 3.63) is 29.0 Å². The molecule has 1 aliphatic carbocycles. The summed E-state index contributed by atoms with van der Waals surface area (Å²) in [6.07, 6.45) is 8.68. The summed E-state index contributed by atoms with van der Waals surface area (Å²) < 4.78 is 13.7. The fourth-order valence-corrected chi connectivity index (χ4v) is 2.61. The lowest BCUT2D eigenvalue weighted by molar-refractivity contribution is 0.469. The van der Waals surface area contributed by atoms with Gasteiger partial charge in [-0.15, -0.1) is 0 Å². The zero-order valence-electron chi connectivity index (χ0n) is 10.0. The molecule has 1 saturated carbocycles. The average Bonchev–Trinajstić information content (AvgIpc) is 2.28. The lowest BCUT2D eigenvalue weighted by atomic mass is 9.96. The van der Waals surface area contributed by atoms with Crippen molar-refractivity contribution in [2.45, 2.75) is 51.0 Å². The van der Waals surface area contributed by atoms with Crippen molar-refractivity contribution in [2.75, 3.05) is 5.32 Å². The molecule has 1 aromatic carbocycles. The SMILES string of the molecule is Fc1c(Cl)cccc1NC1CCCCCCC1. The van der Waals surface area contributed by atoms with Crippen LogP contribution >= 0.6 is 11.6 Å². The third-order valence-electron chi connectivity index (χ3n) is 3.42. The van der Waals surface area contributed by atoms with Gasteiger partial charge in [-0.1, -0.05) is 49.8 Å². The van der Waals surface area contributed by atoms with Crippen LogP contribution < -0.4 is 5.32 Å². The van der Waals surface area contributed by atoms with Gasteiger partial charge in [0.25, 0.3) is 0 Å². The number of halogens is 2. The lowest BCUT2D eigenvalue weighted by Gasteiger charge is -2.22. The molecule has 2 rings (SSSR count). The van der Waals surface area contributed by atoms with E-state index in [-0.39, 0.29) is 10.8 Å². The molecule has 1 nitrogen and oxygen atoms in total. The Morgan fingerprint density at radius 2 is 1.71 bits per heavy atom. The molecular weight excluding hydrogens is 237 g/mol. The zero-order valence-corrected chi connectivity index (χ0v) is 10.8. The molecule has 3 heteroatoms. The first-order chi connectivity index (χ1) is 8.27. The van der Waals surface area contributed by atoms with Crippen LogP contribution in [0.15, 0.2) is 18.2 Å². The molecule has 0 unspecified atom stereocenters. The lowest BCUT2D eigenvalue weighted by Crippen LogP contribution is -2.21. The fourth-order valence-electron chi connectivity index (χ4n) is 2.44. The average molecular weight is 256 g/mol. The van der Waals surface area contributed by atoms with Gasteiger partial charge in [-0.25, -0.2) is 4.39 Å². The van der Waals surface area contributed by atoms with Gasteiger partial charge in [0, 0.05) is 6.04 Å². The van der Waals surface area contributed by atoms with E-state index >= 15 is 0 Å². The van der Waals surface area contributed by atoms with E-state index in [0.717, 1.165) is 12.8 Å². The summed E-state index contributed by atoms with van der Waals surface area (Å²) in [7, 11) is 0. The van der Waals surface area contributed by atoms with E-state index < -0.39 is 0 Å². The van der Waals surface area contributed by atoms with Gasteiger partial charge in [0.2, 0.25) is 0 Å². The Bertz CT molecular complexity index is 359. The number of rotatable bonds is 2. The van der Waals surface area contributed by atoms with Gasteiger partial charge in [-0.05, 0) is 25.0 Å². The summed E-state index contributed by atoms with van der Waals surface area (Å²) in [5, 5.41) is 3.49.